The summed E-state index contributed by atoms with van der Waals surface area (Å²) in [5, 5.41) is 0. The number of carbonyl (C=O) groups is 1. The normalized spacial score (nSPS) is 20.0. The lowest BCUT2D eigenvalue weighted by Crippen LogP contribution is -2.62. The Bertz CT molecular complexity index is 1820. The van der Waals surface area contributed by atoms with Crippen molar-refractivity contribution in [2.24, 2.45) is 0 Å². The number of hydrogen-bond acceptors (Lipinski definition) is 10. The van der Waals surface area contributed by atoms with E-state index in [4.69, 9.17) is 37.3 Å². The van der Waals surface area contributed by atoms with Gasteiger partial charge in [-0.25, -0.2) is 4.57 Å². The largest absolute Gasteiger partial charge is 0.477 e. The summed E-state index contributed by atoms with van der Waals surface area (Å²) in [6, 6.07) is 47.5. The van der Waals surface area contributed by atoms with E-state index in [0.717, 1.165) is 27.8 Å². The number of ether oxygens (including phenoxy) is 5. The molecule has 1 aliphatic rings. The third kappa shape index (κ3) is 12.0. The highest BCUT2D eigenvalue weighted by Gasteiger charge is 2.52. The quantitative estimate of drug-likeness (QED) is 0.0601. The topological polar surface area (TPSA) is 108 Å². The number of rotatable bonds is 19. The van der Waals surface area contributed by atoms with E-state index in [2.05, 4.69) is 0 Å². The van der Waals surface area contributed by atoms with E-state index in [9.17, 15) is 9.36 Å². The Morgan fingerprint density at radius 3 is 1.35 bits per heavy atom. The van der Waals surface area contributed by atoms with Crippen molar-refractivity contribution in [1.82, 2.24) is 0 Å². The van der Waals surface area contributed by atoms with E-state index in [1.165, 1.54) is 6.92 Å². The molecule has 5 aromatic rings. The van der Waals surface area contributed by atoms with Crippen LogP contribution in [0.5, 0.6) is 0 Å². The number of phosphoric ester groups is 1. The maximum absolute atomic E-state index is 14.7. The Morgan fingerprint density at radius 1 is 0.537 bits per heavy atom. The monoisotopic (exact) mass is 752 g/mol. The van der Waals surface area contributed by atoms with E-state index in [1.54, 1.807) is 0 Å². The lowest BCUT2D eigenvalue weighted by Gasteiger charge is -2.45. The molecule has 10 nitrogen and oxygen atoms in total. The van der Waals surface area contributed by atoms with Gasteiger partial charge in [0.1, 0.15) is 18.3 Å². The maximum Gasteiger partial charge on any atom is 0.477 e. The highest BCUT2D eigenvalue weighted by Crippen LogP contribution is 2.53. The fourth-order valence-electron chi connectivity index (χ4n) is 5.89. The molecule has 0 aromatic heterocycles. The van der Waals surface area contributed by atoms with Crippen LogP contribution < -0.4 is 0 Å². The Morgan fingerprint density at radius 2 is 0.926 bits per heavy atom. The first-order valence-electron chi connectivity index (χ1n) is 17.8. The number of esters is 1. The van der Waals surface area contributed by atoms with E-state index in [-0.39, 0.29) is 33.0 Å². The van der Waals surface area contributed by atoms with Crippen LogP contribution in [0.15, 0.2) is 152 Å². The second kappa shape index (κ2) is 20.3. The first-order valence-corrected chi connectivity index (χ1v) is 19.3. The minimum Gasteiger partial charge on any atom is -0.454 e. The standard InChI is InChI=1S/C43H45O10P/c1-33(44)51-42-41(48-29-36-21-11-4-12-22-36)40(47-28-35-19-9-3-10-20-35)39(32-46-27-34-17-7-2-8-18-34)52-43(42)53-54(45,49-30-37-23-13-5-14-24-37)50-31-38-25-15-6-16-26-38/h2-26,39-43H,27-32H2,1H3/t39-,40+,41+,42-,43+/m1/s1. The van der Waals surface area contributed by atoms with Crippen LogP contribution >= 0.6 is 7.82 Å². The van der Waals surface area contributed by atoms with Crippen molar-refractivity contribution in [2.75, 3.05) is 6.61 Å². The fourth-order valence-corrected chi connectivity index (χ4v) is 7.12. The summed E-state index contributed by atoms with van der Waals surface area (Å²) in [7, 11) is -4.44. The van der Waals surface area contributed by atoms with Gasteiger partial charge in [0.25, 0.3) is 0 Å². The van der Waals surface area contributed by atoms with E-state index >= 15 is 0 Å². The average molecular weight is 753 g/mol. The third-order valence-electron chi connectivity index (χ3n) is 8.55. The molecule has 0 N–H and O–H groups in total. The van der Waals surface area contributed by atoms with Gasteiger partial charge in [0.2, 0.25) is 6.29 Å². The SMILES string of the molecule is CC(=O)O[C@H]1[C@H](OP(=O)(OCc2ccccc2)OCc2ccccc2)O[C@H](COCc2ccccc2)[C@H](OCc2ccccc2)[C@@H]1OCc1ccccc1. The highest BCUT2D eigenvalue weighted by molar-refractivity contribution is 7.48. The summed E-state index contributed by atoms with van der Waals surface area (Å²) in [5.74, 6) is -0.628. The van der Waals surface area contributed by atoms with Crippen LogP contribution in [0, 0.1) is 0 Å². The van der Waals surface area contributed by atoms with Crippen LogP contribution in [0.3, 0.4) is 0 Å². The Hall–Kier alpha value is -4.48. The van der Waals surface area contributed by atoms with Crippen molar-refractivity contribution >= 4 is 13.8 Å². The molecule has 1 fully saturated rings. The highest BCUT2D eigenvalue weighted by atomic mass is 31.2. The average Bonchev–Trinajstić information content (AvgIpc) is 3.21. The van der Waals surface area contributed by atoms with Crippen molar-refractivity contribution in [3.63, 3.8) is 0 Å². The van der Waals surface area contributed by atoms with Gasteiger partial charge >= 0.3 is 13.8 Å². The molecule has 0 bridgehead atoms. The summed E-state index contributed by atoms with van der Waals surface area (Å²) < 4.78 is 64.6. The Labute approximate surface area is 316 Å². The molecule has 0 unspecified atom stereocenters. The first kappa shape index (κ1) is 39.2. The zero-order chi connectivity index (χ0) is 37.4. The number of phosphoric acid groups is 1. The molecule has 282 valence electrons. The molecule has 54 heavy (non-hydrogen) atoms. The molecule has 5 atom stereocenters. The summed E-state index contributed by atoms with van der Waals surface area (Å²) in [5.41, 5.74) is 4.25. The molecule has 6 rings (SSSR count). The van der Waals surface area contributed by atoms with Crippen LogP contribution in [0.25, 0.3) is 0 Å². The summed E-state index contributed by atoms with van der Waals surface area (Å²) in [4.78, 5) is 12.8. The van der Waals surface area contributed by atoms with Gasteiger partial charge in [-0.3, -0.25) is 18.4 Å². The smallest absolute Gasteiger partial charge is 0.454 e. The van der Waals surface area contributed by atoms with Crippen molar-refractivity contribution in [2.45, 2.75) is 70.7 Å². The number of hydrogen-bond donors (Lipinski definition) is 0. The van der Waals surface area contributed by atoms with Gasteiger partial charge in [-0.1, -0.05) is 152 Å². The van der Waals surface area contributed by atoms with E-state index in [1.807, 2.05) is 152 Å². The molecule has 1 aliphatic heterocycles. The minimum absolute atomic E-state index is 0.0340. The first-order chi connectivity index (χ1) is 26.4. The molecule has 1 saturated heterocycles. The van der Waals surface area contributed by atoms with E-state index < -0.39 is 44.5 Å². The van der Waals surface area contributed by atoms with Crippen molar-refractivity contribution in [1.29, 1.82) is 0 Å². The molecular weight excluding hydrogens is 707 g/mol. The summed E-state index contributed by atoms with van der Waals surface area (Å²) in [6.07, 6.45) is -5.38. The van der Waals surface area contributed by atoms with Crippen molar-refractivity contribution in [3.8, 4) is 0 Å². The molecule has 11 heteroatoms. The molecule has 5 aromatic carbocycles. The lowest BCUT2D eigenvalue weighted by molar-refractivity contribution is -0.305. The van der Waals surface area contributed by atoms with Gasteiger partial charge < -0.3 is 23.7 Å². The van der Waals surface area contributed by atoms with Crippen LogP contribution in [0.1, 0.15) is 34.7 Å². The van der Waals surface area contributed by atoms with Gasteiger partial charge in [-0.05, 0) is 27.8 Å². The van der Waals surface area contributed by atoms with Gasteiger partial charge in [-0.2, -0.15) is 0 Å². The van der Waals surface area contributed by atoms with Gasteiger partial charge in [-0.15, -0.1) is 0 Å². The van der Waals surface area contributed by atoms with Crippen LogP contribution in [0.4, 0.5) is 0 Å². The molecular formula is C43H45O10P. The van der Waals surface area contributed by atoms with Gasteiger partial charge in [0.15, 0.2) is 6.10 Å². The molecule has 0 saturated carbocycles. The predicted molar refractivity (Wildman–Crippen MR) is 202 cm³/mol. The molecule has 0 aliphatic carbocycles. The molecule has 1 heterocycles. The van der Waals surface area contributed by atoms with Crippen molar-refractivity contribution in [3.05, 3.63) is 179 Å². The second-order valence-electron chi connectivity index (χ2n) is 12.7. The fraction of sp³-hybridized carbons (Fsp3) is 0.279. The van der Waals surface area contributed by atoms with Crippen LogP contribution in [-0.2, 0) is 79.6 Å². The zero-order valence-electron chi connectivity index (χ0n) is 30.1. The number of benzene rings is 5. The van der Waals surface area contributed by atoms with Gasteiger partial charge in [0, 0.05) is 6.92 Å². The lowest BCUT2D eigenvalue weighted by atomic mass is 9.98. The zero-order valence-corrected chi connectivity index (χ0v) is 31.0. The van der Waals surface area contributed by atoms with Gasteiger partial charge in [0.05, 0.1) is 39.6 Å². The maximum atomic E-state index is 14.7. The molecule has 0 spiro atoms. The van der Waals surface area contributed by atoms with Crippen LogP contribution in [-0.4, -0.2) is 43.3 Å². The number of carbonyl (C=O) groups excluding carboxylic acids is 1. The second-order valence-corrected chi connectivity index (χ2v) is 14.3. The minimum atomic E-state index is -4.44. The molecule has 0 radical (unpaired) electrons. The predicted octanol–water partition coefficient (Wildman–Crippen LogP) is 8.59. The summed E-state index contributed by atoms with van der Waals surface area (Å²) >= 11 is 0. The van der Waals surface area contributed by atoms with Crippen LogP contribution in [0.2, 0.25) is 0 Å². The van der Waals surface area contributed by atoms with Crippen molar-refractivity contribution < 1.29 is 46.6 Å². The Kier molecular flexibility index (Phi) is 14.7. The summed E-state index contributed by atoms with van der Waals surface area (Å²) in [6.45, 7) is 1.78. The van der Waals surface area contributed by atoms with E-state index in [0.29, 0.717) is 6.61 Å². The third-order valence-corrected chi connectivity index (χ3v) is 9.91. The Balaban J connectivity index is 1.33. The molecule has 0 amide bonds.